The second kappa shape index (κ2) is 9.43. The number of ether oxygens (including phenoxy) is 2. The van der Waals surface area contributed by atoms with Gasteiger partial charge in [0, 0.05) is 31.2 Å². The second-order valence-electron chi connectivity index (χ2n) is 7.48. The zero-order valence-corrected chi connectivity index (χ0v) is 19.9. The summed E-state index contributed by atoms with van der Waals surface area (Å²) in [5.41, 5.74) is 0.593. The van der Waals surface area contributed by atoms with E-state index < -0.39 is 16.1 Å². The number of anilines is 1. The smallest absolute Gasteiger partial charge is 0.239 e. The number of para-hydroxylation sites is 1. The van der Waals surface area contributed by atoms with E-state index in [0.29, 0.717) is 39.6 Å². The molecule has 35 heavy (non-hydrogen) atoms. The Morgan fingerprint density at radius 1 is 1.14 bits per heavy atom. The van der Waals surface area contributed by atoms with E-state index in [0.717, 1.165) is 0 Å². The molecule has 14 heteroatoms. The first kappa shape index (κ1) is 22.9. The molecule has 12 nitrogen and oxygen atoms in total. The summed E-state index contributed by atoms with van der Waals surface area (Å²) in [7, 11) is -2.31. The number of rotatable bonds is 7. The van der Waals surface area contributed by atoms with Gasteiger partial charge in [0.1, 0.15) is 18.5 Å². The highest BCUT2D eigenvalue weighted by Crippen LogP contribution is 2.42. The summed E-state index contributed by atoms with van der Waals surface area (Å²) < 4.78 is 41.6. The van der Waals surface area contributed by atoms with Gasteiger partial charge in [-0.15, -0.1) is 10.2 Å². The largest absolute Gasteiger partial charge is 0.493 e. The predicted molar refractivity (Wildman–Crippen MR) is 126 cm³/mol. The standard InChI is InChI=1S/C21H19ClN8O4S/c1-33-16-5-2-4-14-18(16)34-12-15(19-23-7-3-8-24-19)30-20(14)27-28-21(30)29-35(31,32)9-6-17-25-10-13(22)11-26-17/h2-5,7-8,10-11,15H,6,9,12H2,1H3,(H,28,29)/t15-/m0/s1. The van der Waals surface area contributed by atoms with Gasteiger partial charge in [0.25, 0.3) is 0 Å². The molecule has 1 aliphatic heterocycles. The van der Waals surface area contributed by atoms with Crippen molar-refractivity contribution >= 4 is 27.6 Å². The van der Waals surface area contributed by atoms with Crippen LogP contribution >= 0.6 is 11.6 Å². The molecule has 0 saturated carbocycles. The minimum atomic E-state index is -3.85. The Balaban J connectivity index is 1.52. The Morgan fingerprint density at radius 2 is 1.91 bits per heavy atom. The Bertz CT molecular complexity index is 1450. The molecule has 4 heterocycles. The number of benzene rings is 1. The first-order valence-electron chi connectivity index (χ1n) is 10.4. The van der Waals surface area contributed by atoms with Crippen molar-refractivity contribution in [2.45, 2.75) is 12.5 Å². The van der Waals surface area contributed by atoms with Crippen LogP contribution in [0.25, 0.3) is 11.4 Å². The maximum atomic E-state index is 12.9. The predicted octanol–water partition coefficient (Wildman–Crippen LogP) is 2.15. The fourth-order valence-corrected chi connectivity index (χ4v) is 4.70. The average Bonchev–Trinajstić information content (AvgIpc) is 3.18. The van der Waals surface area contributed by atoms with Crippen LogP contribution in [0.2, 0.25) is 5.02 Å². The molecule has 0 saturated heterocycles. The molecular formula is C21H19ClN8O4S. The molecule has 5 rings (SSSR count). The van der Waals surface area contributed by atoms with E-state index in [-0.39, 0.29) is 24.7 Å². The summed E-state index contributed by atoms with van der Waals surface area (Å²) in [6.07, 6.45) is 6.11. The SMILES string of the molecule is COc1cccc2c1OC[C@@H](c1ncccn1)n1c(NS(=O)(=O)CCc3ncc(Cl)cn3)nnc1-2. The molecule has 1 atom stereocenters. The van der Waals surface area contributed by atoms with Crippen molar-refractivity contribution in [3.05, 3.63) is 65.7 Å². The molecule has 4 aromatic rings. The number of hydrogen-bond donors (Lipinski definition) is 1. The first-order valence-corrected chi connectivity index (χ1v) is 12.5. The summed E-state index contributed by atoms with van der Waals surface area (Å²) in [6.45, 7) is 0.0930. The lowest BCUT2D eigenvalue weighted by molar-refractivity contribution is 0.262. The highest BCUT2D eigenvalue weighted by atomic mass is 35.5. The summed E-state index contributed by atoms with van der Waals surface area (Å²) in [6, 6.07) is 6.42. The van der Waals surface area contributed by atoms with Gasteiger partial charge in [0.15, 0.2) is 23.1 Å². The van der Waals surface area contributed by atoms with Crippen LogP contribution in [-0.4, -0.2) is 62.6 Å². The van der Waals surface area contributed by atoms with Crippen molar-refractivity contribution in [1.29, 1.82) is 0 Å². The molecule has 0 fully saturated rings. The normalized spacial score (nSPS) is 14.9. The van der Waals surface area contributed by atoms with Crippen molar-refractivity contribution < 1.29 is 17.9 Å². The lowest BCUT2D eigenvalue weighted by atomic mass is 10.1. The third kappa shape index (κ3) is 4.72. The van der Waals surface area contributed by atoms with Crippen LogP contribution in [0.15, 0.2) is 49.1 Å². The molecular weight excluding hydrogens is 496 g/mol. The Hall–Kier alpha value is -3.84. The van der Waals surface area contributed by atoms with Crippen LogP contribution in [0.4, 0.5) is 5.95 Å². The minimum Gasteiger partial charge on any atom is -0.493 e. The number of sulfonamides is 1. The van der Waals surface area contributed by atoms with Gasteiger partial charge in [-0.3, -0.25) is 9.29 Å². The number of methoxy groups -OCH3 is 1. The molecule has 3 aromatic heterocycles. The van der Waals surface area contributed by atoms with E-state index in [1.807, 2.05) is 0 Å². The molecule has 1 N–H and O–H groups in total. The van der Waals surface area contributed by atoms with Crippen LogP contribution in [-0.2, 0) is 16.4 Å². The van der Waals surface area contributed by atoms with Gasteiger partial charge >= 0.3 is 0 Å². The number of nitrogens with one attached hydrogen (secondary N) is 1. The lowest BCUT2D eigenvalue weighted by Gasteiger charge is -2.18. The van der Waals surface area contributed by atoms with Crippen molar-refractivity contribution in [2.24, 2.45) is 0 Å². The summed E-state index contributed by atoms with van der Waals surface area (Å²) in [4.78, 5) is 16.8. The minimum absolute atomic E-state index is 0.00810. The van der Waals surface area contributed by atoms with E-state index in [4.69, 9.17) is 21.1 Å². The molecule has 0 radical (unpaired) electrons. The quantitative estimate of drug-likeness (QED) is 0.389. The van der Waals surface area contributed by atoms with Crippen LogP contribution < -0.4 is 14.2 Å². The highest BCUT2D eigenvalue weighted by Gasteiger charge is 2.33. The van der Waals surface area contributed by atoms with Crippen LogP contribution in [0.5, 0.6) is 11.5 Å². The maximum absolute atomic E-state index is 12.9. The molecule has 1 aromatic carbocycles. The van der Waals surface area contributed by atoms with E-state index in [2.05, 4.69) is 34.9 Å². The van der Waals surface area contributed by atoms with Crippen molar-refractivity contribution in [1.82, 2.24) is 34.7 Å². The average molecular weight is 515 g/mol. The molecule has 180 valence electrons. The topological polar surface area (TPSA) is 147 Å². The summed E-state index contributed by atoms with van der Waals surface area (Å²) in [5.74, 6) is 1.86. The third-order valence-electron chi connectivity index (χ3n) is 5.23. The van der Waals surface area contributed by atoms with Gasteiger partial charge in [-0.2, -0.15) is 0 Å². The zero-order valence-electron chi connectivity index (χ0n) is 18.4. The first-order chi connectivity index (χ1) is 16.9. The van der Waals surface area contributed by atoms with Crippen LogP contribution in [0.1, 0.15) is 17.7 Å². The highest BCUT2D eigenvalue weighted by molar-refractivity contribution is 7.92. The van der Waals surface area contributed by atoms with Crippen molar-refractivity contribution in [3.8, 4) is 22.9 Å². The van der Waals surface area contributed by atoms with E-state index in [1.54, 1.807) is 41.2 Å². The Morgan fingerprint density at radius 3 is 2.66 bits per heavy atom. The molecule has 0 aliphatic carbocycles. The van der Waals surface area contributed by atoms with E-state index in [9.17, 15) is 8.42 Å². The molecule has 0 amide bonds. The van der Waals surface area contributed by atoms with E-state index >= 15 is 0 Å². The van der Waals surface area contributed by atoms with Gasteiger partial charge in [-0.05, 0) is 18.2 Å². The summed E-state index contributed by atoms with van der Waals surface area (Å²) in [5, 5.41) is 8.79. The number of aromatic nitrogens is 7. The number of hydrogen-bond acceptors (Lipinski definition) is 10. The number of aryl methyl sites for hydroxylation is 1. The number of halogens is 1. The fourth-order valence-electron chi connectivity index (χ4n) is 3.63. The van der Waals surface area contributed by atoms with Gasteiger partial charge in [-0.25, -0.2) is 28.4 Å². The Kier molecular flexibility index (Phi) is 6.17. The monoisotopic (exact) mass is 514 g/mol. The van der Waals surface area contributed by atoms with E-state index in [1.165, 1.54) is 19.5 Å². The molecule has 1 aliphatic rings. The second-order valence-corrected chi connectivity index (χ2v) is 9.75. The van der Waals surface area contributed by atoms with Crippen molar-refractivity contribution in [3.63, 3.8) is 0 Å². The van der Waals surface area contributed by atoms with Gasteiger partial charge in [0.05, 0.1) is 23.4 Å². The molecule has 0 unspecified atom stereocenters. The van der Waals surface area contributed by atoms with Gasteiger partial charge in [-0.1, -0.05) is 17.7 Å². The van der Waals surface area contributed by atoms with Gasteiger partial charge < -0.3 is 9.47 Å². The summed E-state index contributed by atoms with van der Waals surface area (Å²) >= 11 is 5.79. The lowest BCUT2D eigenvalue weighted by Crippen LogP contribution is -2.25. The van der Waals surface area contributed by atoms with Crippen LogP contribution in [0.3, 0.4) is 0 Å². The molecule has 0 bridgehead atoms. The zero-order chi connectivity index (χ0) is 24.4. The van der Waals surface area contributed by atoms with Crippen LogP contribution in [0, 0.1) is 0 Å². The number of nitrogens with zero attached hydrogens (tertiary/aromatic N) is 7. The third-order valence-corrected chi connectivity index (χ3v) is 6.66. The molecule has 0 spiro atoms. The Labute approximate surface area is 205 Å². The fraction of sp³-hybridized carbons (Fsp3) is 0.238. The van der Waals surface area contributed by atoms with Crippen molar-refractivity contribution in [2.75, 3.05) is 24.2 Å². The van der Waals surface area contributed by atoms with Gasteiger partial charge in [0.2, 0.25) is 16.0 Å². The number of fused-ring (bicyclic) bond motifs is 3. The maximum Gasteiger partial charge on any atom is 0.239 e.